The van der Waals surface area contributed by atoms with Crippen molar-refractivity contribution >= 4 is 11.8 Å². The number of hydrogen-bond donors (Lipinski definition) is 2. The molecule has 2 aromatic heterocycles. The molecule has 8 nitrogen and oxygen atoms in total. The minimum atomic E-state index is -0.809. The average Bonchev–Trinajstić information content (AvgIpc) is 3.40. The summed E-state index contributed by atoms with van der Waals surface area (Å²) in [6.45, 7) is 2.33. The third-order valence-electron chi connectivity index (χ3n) is 7.15. The first-order valence-electron chi connectivity index (χ1n) is 11.9. The fourth-order valence-electron chi connectivity index (χ4n) is 5.65. The monoisotopic (exact) mass is 472 g/mol. The number of aliphatic hydroxyl groups excluding tert-OH is 1. The molecule has 0 saturated carbocycles. The molecule has 0 aliphatic carbocycles. The number of aromatic nitrogens is 2. The number of nitrogens with zero attached hydrogens (tertiary/aromatic N) is 3. The lowest BCUT2D eigenvalue weighted by Crippen LogP contribution is -2.50. The van der Waals surface area contributed by atoms with E-state index in [-0.39, 0.29) is 36.3 Å². The molecule has 4 atom stereocenters. The number of amides is 2. The van der Waals surface area contributed by atoms with Gasteiger partial charge in [0, 0.05) is 55.2 Å². The fraction of sp³-hybridized carbons (Fsp3) is 0.333. The number of carbonyl (C=O) groups is 2. The van der Waals surface area contributed by atoms with Gasteiger partial charge in [-0.2, -0.15) is 0 Å². The van der Waals surface area contributed by atoms with Gasteiger partial charge in [0.25, 0.3) is 5.56 Å². The summed E-state index contributed by atoms with van der Waals surface area (Å²) in [7, 11) is 0. The molecule has 0 bridgehead atoms. The first-order valence-corrected chi connectivity index (χ1v) is 11.9. The summed E-state index contributed by atoms with van der Waals surface area (Å²) in [4.78, 5) is 46.0. The maximum atomic E-state index is 13.7. The van der Waals surface area contributed by atoms with Gasteiger partial charge in [-0.15, -0.1) is 0 Å². The molecule has 1 saturated heterocycles. The van der Waals surface area contributed by atoms with Gasteiger partial charge < -0.3 is 19.9 Å². The molecule has 8 heteroatoms. The molecule has 2 aliphatic heterocycles. The van der Waals surface area contributed by atoms with E-state index in [9.17, 15) is 19.5 Å². The van der Waals surface area contributed by atoms with Crippen LogP contribution in [-0.4, -0.2) is 50.6 Å². The number of likely N-dealkylation sites (N-methyl/N-ethyl adjacent to an activating group) is 1. The van der Waals surface area contributed by atoms with E-state index in [1.54, 1.807) is 34.0 Å². The predicted octanol–water partition coefficient (Wildman–Crippen LogP) is 1.78. The number of nitrogens with one attached hydrogen (secondary N) is 1. The van der Waals surface area contributed by atoms with Gasteiger partial charge >= 0.3 is 0 Å². The van der Waals surface area contributed by atoms with Crippen LogP contribution in [0.5, 0.6) is 0 Å². The molecule has 2 N–H and O–H groups in total. The number of rotatable bonds is 6. The third kappa shape index (κ3) is 3.93. The van der Waals surface area contributed by atoms with Crippen LogP contribution in [0.25, 0.3) is 11.1 Å². The highest BCUT2D eigenvalue weighted by atomic mass is 16.3. The van der Waals surface area contributed by atoms with Crippen molar-refractivity contribution in [1.82, 2.24) is 19.8 Å². The molecular weight excluding hydrogens is 444 g/mol. The zero-order valence-corrected chi connectivity index (χ0v) is 19.5. The molecule has 5 rings (SSSR count). The van der Waals surface area contributed by atoms with Crippen molar-refractivity contribution in [2.45, 2.75) is 32.0 Å². The summed E-state index contributed by atoms with van der Waals surface area (Å²) in [6.07, 6.45) is 3.36. The molecule has 1 aromatic carbocycles. The van der Waals surface area contributed by atoms with Gasteiger partial charge in [0.15, 0.2) is 0 Å². The number of fused-ring (bicyclic) bond motifs is 3. The Morgan fingerprint density at radius 1 is 1.11 bits per heavy atom. The zero-order valence-electron chi connectivity index (χ0n) is 19.5. The standard InChI is InChI=1S/C27H28N4O4/c1-2-29-26(34)25-21(16-32)20-15-30-22(11-10-19(27(30)35)18-8-4-3-5-9-18)24(20)31(25)23(33)13-17-7-6-12-28-14-17/h3-12,14,20-21,24-25,32H,2,13,15-16H2,1H3,(H,29,34)/t20-,21-,24+,25-/m1/s1. The van der Waals surface area contributed by atoms with E-state index in [1.807, 2.05) is 49.4 Å². The highest BCUT2D eigenvalue weighted by Crippen LogP contribution is 2.49. The van der Waals surface area contributed by atoms with Gasteiger partial charge in [-0.25, -0.2) is 0 Å². The van der Waals surface area contributed by atoms with Crippen molar-refractivity contribution in [3.8, 4) is 11.1 Å². The number of aliphatic hydroxyl groups is 1. The van der Waals surface area contributed by atoms with Crippen molar-refractivity contribution in [1.29, 1.82) is 0 Å². The van der Waals surface area contributed by atoms with Crippen LogP contribution in [0.2, 0.25) is 0 Å². The van der Waals surface area contributed by atoms with E-state index in [4.69, 9.17) is 0 Å². The van der Waals surface area contributed by atoms with Crippen LogP contribution in [0.15, 0.2) is 71.8 Å². The Kier molecular flexibility index (Phi) is 6.21. The molecule has 2 aliphatic rings. The summed E-state index contributed by atoms with van der Waals surface area (Å²) >= 11 is 0. The molecule has 0 radical (unpaired) electrons. The first-order chi connectivity index (χ1) is 17.0. The predicted molar refractivity (Wildman–Crippen MR) is 130 cm³/mol. The molecule has 3 aromatic rings. The van der Waals surface area contributed by atoms with Crippen LogP contribution < -0.4 is 10.9 Å². The van der Waals surface area contributed by atoms with Crippen LogP contribution in [0.1, 0.15) is 24.2 Å². The molecular formula is C27H28N4O4. The average molecular weight is 473 g/mol. The number of benzene rings is 1. The molecule has 4 heterocycles. The Hall–Kier alpha value is -3.78. The smallest absolute Gasteiger partial charge is 0.258 e. The number of hydrogen-bond acceptors (Lipinski definition) is 5. The quantitative estimate of drug-likeness (QED) is 0.569. The summed E-state index contributed by atoms with van der Waals surface area (Å²) in [5.74, 6) is -1.24. The van der Waals surface area contributed by atoms with Crippen molar-refractivity contribution in [3.05, 3.63) is 88.6 Å². The highest BCUT2D eigenvalue weighted by Gasteiger charge is 2.57. The van der Waals surface area contributed by atoms with Gasteiger partial charge in [-0.3, -0.25) is 19.4 Å². The lowest BCUT2D eigenvalue weighted by atomic mass is 9.88. The Labute approximate surface area is 203 Å². The van der Waals surface area contributed by atoms with Gasteiger partial charge in [-0.05, 0) is 36.2 Å². The Balaban J connectivity index is 1.58. The number of carbonyl (C=O) groups excluding carboxylic acids is 2. The van der Waals surface area contributed by atoms with Crippen LogP contribution in [0.4, 0.5) is 0 Å². The topological polar surface area (TPSA) is 105 Å². The molecule has 2 amide bonds. The van der Waals surface area contributed by atoms with Gasteiger partial charge in [0.05, 0.1) is 12.5 Å². The van der Waals surface area contributed by atoms with Crippen molar-refractivity contribution in [2.75, 3.05) is 13.2 Å². The first kappa shape index (κ1) is 23.0. The SMILES string of the molecule is CCNC(=O)[C@H]1[C@H](CO)[C@H]2Cn3c(ccc(-c4ccccc4)c3=O)[C@H]2N1C(=O)Cc1cccnc1. The zero-order chi connectivity index (χ0) is 24.5. The minimum Gasteiger partial charge on any atom is -0.396 e. The molecule has 0 unspecified atom stereocenters. The van der Waals surface area contributed by atoms with E-state index >= 15 is 0 Å². The number of pyridine rings is 2. The highest BCUT2D eigenvalue weighted by molar-refractivity contribution is 5.90. The van der Waals surface area contributed by atoms with Crippen LogP contribution in [-0.2, 0) is 22.6 Å². The van der Waals surface area contributed by atoms with E-state index in [1.165, 1.54) is 0 Å². The van der Waals surface area contributed by atoms with Crippen molar-refractivity contribution < 1.29 is 14.7 Å². The summed E-state index contributed by atoms with van der Waals surface area (Å²) in [5, 5.41) is 13.2. The lowest BCUT2D eigenvalue weighted by Gasteiger charge is -2.31. The van der Waals surface area contributed by atoms with E-state index in [2.05, 4.69) is 10.3 Å². The Bertz CT molecular complexity index is 1290. The lowest BCUT2D eigenvalue weighted by molar-refractivity contribution is -0.141. The maximum Gasteiger partial charge on any atom is 0.258 e. The third-order valence-corrected chi connectivity index (χ3v) is 7.15. The van der Waals surface area contributed by atoms with E-state index in [0.29, 0.717) is 24.3 Å². The van der Waals surface area contributed by atoms with Crippen LogP contribution >= 0.6 is 0 Å². The minimum absolute atomic E-state index is 0.0808. The fourth-order valence-corrected chi connectivity index (χ4v) is 5.65. The maximum absolute atomic E-state index is 13.7. The summed E-state index contributed by atoms with van der Waals surface area (Å²) in [6, 6.07) is 15.4. The molecule has 1 fully saturated rings. The largest absolute Gasteiger partial charge is 0.396 e. The summed E-state index contributed by atoms with van der Waals surface area (Å²) in [5.41, 5.74) is 2.72. The van der Waals surface area contributed by atoms with E-state index < -0.39 is 18.0 Å². The normalized spacial score (nSPS) is 22.5. The van der Waals surface area contributed by atoms with Crippen LogP contribution in [0.3, 0.4) is 0 Å². The Morgan fingerprint density at radius 3 is 2.60 bits per heavy atom. The van der Waals surface area contributed by atoms with Crippen molar-refractivity contribution in [3.63, 3.8) is 0 Å². The van der Waals surface area contributed by atoms with Crippen molar-refractivity contribution in [2.24, 2.45) is 11.8 Å². The second kappa shape index (κ2) is 9.46. The van der Waals surface area contributed by atoms with Crippen LogP contribution in [0, 0.1) is 11.8 Å². The van der Waals surface area contributed by atoms with Gasteiger partial charge in [0.2, 0.25) is 11.8 Å². The summed E-state index contributed by atoms with van der Waals surface area (Å²) < 4.78 is 1.71. The van der Waals surface area contributed by atoms with Gasteiger partial charge in [-0.1, -0.05) is 36.4 Å². The van der Waals surface area contributed by atoms with E-state index in [0.717, 1.165) is 11.1 Å². The van der Waals surface area contributed by atoms with Gasteiger partial charge in [0.1, 0.15) is 6.04 Å². The molecule has 35 heavy (non-hydrogen) atoms. The molecule has 0 spiro atoms. The molecule has 180 valence electrons. The number of likely N-dealkylation sites (tertiary alicyclic amines) is 1. The second-order valence-corrected chi connectivity index (χ2v) is 9.09. The second-order valence-electron chi connectivity index (χ2n) is 9.09. The Morgan fingerprint density at radius 2 is 1.91 bits per heavy atom.